The van der Waals surface area contributed by atoms with Gasteiger partial charge in [-0.1, -0.05) is 27.7 Å². The maximum Gasteiger partial charge on any atom is 0.187 e. The van der Waals surface area contributed by atoms with Gasteiger partial charge in [-0.2, -0.15) is 0 Å². The Balaban J connectivity index is 0.782. The van der Waals surface area contributed by atoms with Gasteiger partial charge in [-0.15, -0.1) is 0 Å². The molecule has 0 aromatic heterocycles. The first kappa shape index (κ1) is 67.7. The summed E-state index contributed by atoms with van der Waals surface area (Å²) in [5.74, 6) is -1.99. The molecular formula is C56H94O30. The fourth-order valence-corrected chi connectivity index (χ4v) is 16.9. The van der Waals surface area contributed by atoms with Crippen LogP contribution in [0.1, 0.15) is 79.1 Å². The number of aliphatic hydroxyl groups excluding tert-OH is 18. The third-order valence-corrected chi connectivity index (χ3v) is 21.9. The number of rotatable bonds is 18. The van der Waals surface area contributed by atoms with E-state index in [1.54, 1.807) is 0 Å². The highest BCUT2D eigenvalue weighted by Gasteiger charge is 2.70. The molecule has 30 heteroatoms. The molecule has 6 heterocycles. The summed E-state index contributed by atoms with van der Waals surface area (Å²) in [5.41, 5.74) is -0.838. The molecule has 4 saturated carbocycles. The van der Waals surface area contributed by atoms with Crippen LogP contribution in [-0.2, 0) is 52.1 Å². The van der Waals surface area contributed by atoms with Crippen molar-refractivity contribution in [1.29, 1.82) is 0 Å². The van der Waals surface area contributed by atoms with E-state index in [0.29, 0.717) is 25.7 Å². The van der Waals surface area contributed by atoms with Crippen LogP contribution >= 0.6 is 0 Å². The van der Waals surface area contributed by atoms with E-state index in [0.717, 1.165) is 12.8 Å². The van der Waals surface area contributed by atoms with Crippen molar-refractivity contribution in [1.82, 2.24) is 0 Å². The second-order valence-electron chi connectivity index (χ2n) is 26.9. The lowest BCUT2D eigenvalue weighted by Crippen LogP contribution is -2.68. The average Bonchev–Trinajstić information content (AvgIpc) is 1.48. The van der Waals surface area contributed by atoms with Crippen molar-refractivity contribution in [3.63, 3.8) is 0 Å². The fraction of sp³-hybridized carbons (Fsp3) is 1.00. The second kappa shape index (κ2) is 26.7. The Bertz CT molecular complexity index is 2210. The zero-order valence-electron chi connectivity index (χ0n) is 48.6. The minimum absolute atomic E-state index is 0.00284. The predicted molar refractivity (Wildman–Crippen MR) is 281 cm³/mol. The van der Waals surface area contributed by atoms with Gasteiger partial charge in [0.2, 0.25) is 0 Å². The molecular weight excluding hydrogens is 1150 g/mol. The van der Waals surface area contributed by atoms with Gasteiger partial charge in [-0.05, 0) is 91.3 Å². The first-order valence-corrected chi connectivity index (χ1v) is 30.5. The molecule has 6 saturated heterocycles. The van der Waals surface area contributed by atoms with Crippen molar-refractivity contribution >= 4 is 0 Å². The Kier molecular flexibility index (Phi) is 21.0. The van der Waals surface area contributed by atoms with E-state index in [-0.39, 0.29) is 66.5 Å². The van der Waals surface area contributed by atoms with Crippen LogP contribution in [0.15, 0.2) is 0 Å². The van der Waals surface area contributed by atoms with Gasteiger partial charge in [-0.25, -0.2) is 0 Å². The highest BCUT2D eigenvalue weighted by molar-refractivity contribution is 5.17. The van der Waals surface area contributed by atoms with Gasteiger partial charge in [0.15, 0.2) is 37.2 Å². The van der Waals surface area contributed by atoms with Crippen LogP contribution in [-0.4, -0.2) is 314 Å². The number of ether oxygens (including phenoxy) is 11. The Hall–Kier alpha value is -1.20. The summed E-state index contributed by atoms with van der Waals surface area (Å²) in [6.07, 6.45) is -41.5. The largest absolute Gasteiger partial charge is 0.394 e. The first-order chi connectivity index (χ1) is 40.6. The van der Waals surface area contributed by atoms with Crippen molar-refractivity contribution < 1.29 is 149 Å². The summed E-state index contributed by atoms with van der Waals surface area (Å²) >= 11 is 0. The standard InChI is InChI=1S/C56H94O30/c1-19(17-76-49-43(72)39(68)36(65)30(13-57)79-49)5-8-56(75)20(2)34-29(86-56)10-23-21-9-25(61)24-11-28(26(62)12-55(24,4)22(21)6-7-54(23,34)3)78-51-45(74)41(70)46(33(16-60)82-51)83-53-48(85-52-44(73)40(69)37(66)31(14-58)80-52)47(38(67)32(15-59)81-53)84-50-42(71)35(64)27(63)18-77-50/h19-53,57-75H,5-18H2,1-4H3/t19-,20-,21+,22-,23-,24+,25+,26+,27+,28+,29-,30+,31+,32+,33+,34-,35-,36+,37+,38+,39-,40-,41+,42+,43+,44+,45+,46-,47-,48+,49+,50-,51+,52-,53-,54-,55+,56+/m0/s1. The predicted octanol–water partition coefficient (Wildman–Crippen LogP) is -7.55. The molecule has 10 aliphatic rings. The summed E-state index contributed by atoms with van der Waals surface area (Å²) < 4.78 is 65.3. The van der Waals surface area contributed by atoms with E-state index in [2.05, 4.69) is 13.8 Å². The molecule has 10 fully saturated rings. The van der Waals surface area contributed by atoms with Crippen LogP contribution in [0.2, 0.25) is 0 Å². The molecule has 498 valence electrons. The minimum Gasteiger partial charge on any atom is -0.394 e. The average molecular weight is 1250 g/mol. The molecule has 0 bridgehead atoms. The molecule has 38 atom stereocenters. The van der Waals surface area contributed by atoms with Crippen LogP contribution in [0.3, 0.4) is 0 Å². The number of hydrogen-bond donors (Lipinski definition) is 19. The molecule has 30 nitrogen and oxygen atoms in total. The van der Waals surface area contributed by atoms with E-state index in [1.165, 1.54) is 0 Å². The SMILES string of the molecule is C[C@@H](CC[C@@]1(O)O[C@H]2C[C@H]3[C@@H]4C[C@@H](O)[C@H]5C[C@@H](O[C@@H]6O[C@H](CO)[C@H](O[C@@H]7O[C@H](CO)[C@@H](O)[C@H](O[C@@H]8OC[C@@H](O)[C@H](O)[C@H]8O)[C@H]7O[C@@H]7O[C@H](CO)[C@@H](O)[C@H](O)[C@H]7O)[C@H](O)[C@H]6O)[C@H](O)C[C@]5(C)[C@H]4CC[C@]3(C)[C@H]2[C@@H]1C)CO[C@@H]1O[C@H](CO)[C@@H](O)[C@H](O)[C@H]1O. The smallest absolute Gasteiger partial charge is 0.187 e. The van der Waals surface area contributed by atoms with Crippen LogP contribution in [0, 0.1) is 52.3 Å². The second-order valence-corrected chi connectivity index (χ2v) is 26.9. The molecule has 4 aliphatic carbocycles. The van der Waals surface area contributed by atoms with Crippen LogP contribution in [0.25, 0.3) is 0 Å². The third-order valence-electron chi connectivity index (χ3n) is 21.9. The maximum absolute atomic E-state index is 12.2. The summed E-state index contributed by atoms with van der Waals surface area (Å²) in [4.78, 5) is 0. The zero-order valence-corrected chi connectivity index (χ0v) is 48.6. The van der Waals surface area contributed by atoms with Gasteiger partial charge in [0.25, 0.3) is 0 Å². The monoisotopic (exact) mass is 1250 g/mol. The lowest BCUT2D eigenvalue weighted by atomic mass is 9.43. The normalized spacial score (nSPS) is 56.1. The maximum atomic E-state index is 12.2. The molecule has 0 aromatic carbocycles. The van der Waals surface area contributed by atoms with Gasteiger partial charge in [-0.3, -0.25) is 0 Å². The Labute approximate surface area is 496 Å². The van der Waals surface area contributed by atoms with E-state index >= 15 is 0 Å². The number of fused-ring (bicyclic) bond motifs is 7. The van der Waals surface area contributed by atoms with Crippen molar-refractivity contribution in [3.05, 3.63) is 0 Å². The first-order valence-electron chi connectivity index (χ1n) is 30.5. The Morgan fingerprint density at radius 2 is 1.05 bits per heavy atom. The summed E-state index contributed by atoms with van der Waals surface area (Å²) in [6, 6.07) is 0. The highest BCUT2D eigenvalue weighted by atomic mass is 16.8. The van der Waals surface area contributed by atoms with E-state index < -0.39 is 216 Å². The summed E-state index contributed by atoms with van der Waals surface area (Å²) in [5, 5.41) is 206. The minimum atomic E-state index is -2.07. The Morgan fingerprint density at radius 3 is 1.70 bits per heavy atom. The molecule has 0 unspecified atom stereocenters. The molecule has 0 amide bonds. The lowest BCUT2D eigenvalue weighted by Gasteiger charge is -2.63. The van der Waals surface area contributed by atoms with Gasteiger partial charge in [0, 0.05) is 12.3 Å². The van der Waals surface area contributed by atoms with Crippen molar-refractivity contribution in [2.24, 2.45) is 52.3 Å². The molecule has 86 heavy (non-hydrogen) atoms. The van der Waals surface area contributed by atoms with E-state index in [4.69, 9.17) is 52.1 Å². The molecule has 10 rings (SSSR count). The van der Waals surface area contributed by atoms with Gasteiger partial charge >= 0.3 is 0 Å². The lowest BCUT2D eigenvalue weighted by molar-refractivity contribution is -0.404. The fourth-order valence-electron chi connectivity index (χ4n) is 16.9. The van der Waals surface area contributed by atoms with Crippen molar-refractivity contribution in [2.45, 2.75) is 257 Å². The quantitative estimate of drug-likeness (QED) is 0.0567. The van der Waals surface area contributed by atoms with E-state index in [9.17, 15) is 97.0 Å². The van der Waals surface area contributed by atoms with Gasteiger partial charge < -0.3 is 149 Å². The molecule has 6 aliphatic heterocycles. The molecule has 0 aromatic rings. The molecule has 0 radical (unpaired) electrons. The van der Waals surface area contributed by atoms with Crippen molar-refractivity contribution in [3.8, 4) is 0 Å². The number of aliphatic hydroxyl groups is 19. The van der Waals surface area contributed by atoms with Crippen molar-refractivity contribution in [2.75, 3.05) is 39.6 Å². The topological polar surface area (TPSA) is 486 Å². The van der Waals surface area contributed by atoms with Crippen LogP contribution < -0.4 is 0 Å². The molecule has 0 spiro atoms. The van der Waals surface area contributed by atoms with Gasteiger partial charge in [0.05, 0.1) is 64.1 Å². The third kappa shape index (κ3) is 12.2. The zero-order chi connectivity index (χ0) is 62.4. The van der Waals surface area contributed by atoms with Crippen LogP contribution in [0.4, 0.5) is 0 Å². The summed E-state index contributed by atoms with van der Waals surface area (Å²) in [6.45, 7) is 4.48. The van der Waals surface area contributed by atoms with E-state index in [1.807, 2.05) is 13.8 Å². The van der Waals surface area contributed by atoms with Gasteiger partial charge in [0.1, 0.15) is 116 Å². The number of hydrogen-bond acceptors (Lipinski definition) is 30. The van der Waals surface area contributed by atoms with Crippen LogP contribution in [0.5, 0.6) is 0 Å². The Morgan fingerprint density at radius 1 is 0.500 bits per heavy atom. The molecule has 19 N–H and O–H groups in total. The summed E-state index contributed by atoms with van der Waals surface area (Å²) in [7, 11) is 0. The highest BCUT2D eigenvalue weighted by Crippen LogP contribution is 2.71.